The number of piperidine rings is 1. The highest BCUT2D eigenvalue weighted by molar-refractivity contribution is 14.0. The van der Waals surface area contributed by atoms with E-state index < -0.39 is 0 Å². The number of methoxy groups -OCH3 is 1. The lowest BCUT2D eigenvalue weighted by Gasteiger charge is -2.34. The summed E-state index contributed by atoms with van der Waals surface area (Å²) < 4.78 is 5.61. The zero-order valence-electron chi connectivity index (χ0n) is 15.8. The maximum absolute atomic E-state index is 5.61. The van der Waals surface area contributed by atoms with E-state index in [1.807, 2.05) is 12.1 Å². The summed E-state index contributed by atoms with van der Waals surface area (Å²) >= 11 is 0. The average molecular weight is 460 g/mol. The van der Waals surface area contributed by atoms with E-state index in [4.69, 9.17) is 9.73 Å². The first kappa shape index (κ1) is 22.0. The van der Waals surface area contributed by atoms with E-state index >= 15 is 0 Å². The van der Waals surface area contributed by atoms with Gasteiger partial charge in [-0.15, -0.1) is 24.0 Å². The molecule has 0 aliphatic carbocycles. The highest BCUT2D eigenvalue weighted by Crippen LogP contribution is 2.31. The van der Waals surface area contributed by atoms with Crippen LogP contribution < -0.4 is 15.4 Å². The summed E-state index contributed by atoms with van der Waals surface area (Å²) in [6, 6.07) is 8.60. The number of aliphatic imine (C=N–C) groups is 1. The van der Waals surface area contributed by atoms with E-state index in [1.165, 1.54) is 24.8 Å². The van der Waals surface area contributed by atoms with Gasteiger partial charge in [0.05, 0.1) is 19.7 Å². The molecule has 1 aromatic carbocycles. The van der Waals surface area contributed by atoms with Gasteiger partial charge in [0.2, 0.25) is 0 Å². The molecule has 1 heterocycles. The second-order valence-corrected chi connectivity index (χ2v) is 6.10. The third kappa shape index (κ3) is 6.66. The molecule has 1 atom stereocenters. The molecular formula is C19H33IN4O. The summed E-state index contributed by atoms with van der Waals surface area (Å²) in [5, 5.41) is 6.62. The van der Waals surface area contributed by atoms with Crippen LogP contribution in [0.15, 0.2) is 29.3 Å². The molecule has 0 amide bonds. The third-order valence-corrected chi connectivity index (χ3v) is 4.44. The Morgan fingerprint density at radius 2 is 1.76 bits per heavy atom. The molecule has 25 heavy (non-hydrogen) atoms. The second kappa shape index (κ2) is 12.4. The Labute approximate surface area is 169 Å². The van der Waals surface area contributed by atoms with Crippen LogP contribution in [0, 0.1) is 0 Å². The SMILES string of the molecule is CCNC(=NCC(c1ccccc1OC)N1CCCCC1)NCC.I. The molecule has 6 heteroatoms. The van der Waals surface area contributed by atoms with Crippen LogP contribution in [0.5, 0.6) is 5.75 Å². The molecule has 1 unspecified atom stereocenters. The highest BCUT2D eigenvalue weighted by atomic mass is 127. The van der Waals surface area contributed by atoms with Gasteiger partial charge in [0.25, 0.3) is 0 Å². The summed E-state index contributed by atoms with van der Waals surface area (Å²) in [6.07, 6.45) is 3.86. The van der Waals surface area contributed by atoms with Crippen molar-refractivity contribution in [1.82, 2.24) is 15.5 Å². The van der Waals surface area contributed by atoms with Crippen molar-refractivity contribution in [3.05, 3.63) is 29.8 Å². The van der Waals surface area contributed by atoms with E-state index in [2.05, 4.69) is 41.5 Å². The number of halogens is 1. The summed E-state index contributed by atoms with van der Waals surface area (Å²) in [7, 11) is 1.75. The standard InChI is InChI=1S/C19H32N4O.HI/c1-4-20-19(21-5-2)22-15-17(23-13-9-6-10-14-23)16-11-7-8-12-18(16)24-3;/h7-8,11-12,17H,4-6,9-10,13-15H2,1-3H3,(H2,20,21,22);1H. The maximum atomic E-state index is 5.61. The smallest absolute Gasteiger partial charge is 0.191 e. The number of hydrogen-bond donors (Lipinski definition) is 2. The second-order valence-electron chi connectivity index (χ2n) is 6.10. The molecule has 142 valence electrons. The molecule has 1 saturated heterocycles. The van der Waals surface area contributed by atoms with Crippen molar-refractivity contribution < 1.29 is 4.74 Å². The fourth-order valence-electron chi connectivity index (χ4n) is 3.27. The first-order valence-corrected chi connectivity index (χ1v) is 9.19. The Morgan fingerprint density at radius 3 is 2.36 bits per heavy atom. The number of para-hydroxylation sites is 1. The van der Waals surface area contributed by atoms with Crippen molar-refractivity contribution in [3.8, 4) is 5.75 Å². The fourth-order valence-corrected chi connectivity index (χ4v) is 3.27. The van der Waals surface area contributed by atoms with Crippen molar-refractivity contribution in [3.63, 3.8) is 0 Å². The van der Waals surface area contributed by atoms with Crippen LogP contribution in [-0.2, 0) is 0 Å². The minimum Gasteiger partial charge on any atom is -0.496 e. The van der Waals surface area contributed by atoms with Gasteiger partial charge in [0, 0.05) is 18.7 Å². The summed E-state index contributed by atoms with van der Waals surface area (Å²) in [5.41, 5.74) is 1.23. The van der Waals surface area contributed by atoms with Crippen LogP contribution in [0.25, 0.3) is 0 Å². The number of benzene rings is 1. The monoisotopic (exact) mass is 460 g/mol. The third-order valence-electron chi connectivity index (χ3n) is 4.44. The van der Waals surface area contributed by atoms with Gasteiger partial charge in [-0.2, -0.15) is 0 Å². The summed E-state index contributed by atoms with van der Waals surface area (Å²) in [4.78, 5) is 7.38. The van der Waals surface area contributed by atoms with E-state index in [9.17, 15) is 0 Å². The van der Waals surface area contributed by atoms with Gasteiger partial charge in [-0.3, -0.25) is 9.89 Å². The topological polar surface area (TPSA) is 48.9 Å². The zero-order chi connectivity index (χ0) is 17.2. The first-order chi connectivity index (χ1) is 11.8. The minimum absolute atomic E-state index is 0. The molecule has 1 fully saturated rings. The van der Waals surface area contributed by atoms with Crippen LogP contribution in [-0.4, -0.2) is 50.7 Å². The summed E-state index contributed by atoms with van der Waals surface area (Å²) in [5.74, 6) is 1.84. The van der Waals surface area contributed by atoms with Gasteiger partial charge in [-0.1, -0.05) is 24.6 Å². The number of likely N-dealkylation sites (tertiary alicyclic amines) is 1. The number of rotatable bonds is 7. The highest BCUT2D eigenvalue weighted by Gasteiger charge is 2.24. The molecule has 1 aliphatic rings. The Balaban J connectivity index is 0.00000312. The Kier molecular flexibility index (Phi) is 10.9. The van der Waals surface area contributed by atoms with Crippen LogP contribution in [0.3, 0.4) is 0 Å². The van der Waals surface area contributed by atoms with Crippen LogP contribution >= 0.6 is 24.0 Å². The van der Waals surface area contributed by atoms with E-state index in [-0.39, 0.29) is 30.0 Å². The van der Waals surface area contributed by atoms with Crippen LogP contribution in [0.1, 0.15) is 44.7 Å². The van der Waals surface area contributed by atoms with Gasteiger partial charge in [-0.25, -0.2) is 0 Å². The Hall–Kier alpha value is -1.02. The quantitative estimate of drug-likeness (QED) is 0.372. The van der Waals surface area contributed by atoms with Gasteiger partial charge >= 0.3 is 0 Å². The van der Waals surface area contributed by atoms with Crippen molar-refractivity contribution in [2.24, 2.45) is 4.99 Å². The molecule has 0 bridgehead atoms. The van der Waals surface area contributed by atoms with E-state index in [0.717, 1.165) is 44.4 Å². The number of guanidine groups is 1. The maximum Gasteiger partial charge on any atom is 0.191 e. The minimum atomic E-state index is 0. The number of ether oxygens (including phenoxy) is 1. The molecule has 0 radical (unpaired) electrons. The first-order valence-electron chi connectivity index (χ1n) is 9.19. The van der Waals surface area contributed by atoms with Crippen molar-refractivity contribution in [2.45, 2.75) is 39.2 Å². The predicted octanol–water partition coefficient (Wildman–Crippen LogP) is 3.42. The van der Waals surface area contributed by atoms with Gasteiger partial charge in [-0.05, 0) is 45.8 Å². The number of nitrogens with one attached hydrogen (secondary N) is 2. The van der Waals surface area contributed by atoms with Crippen molar-refractivity contribution in [2.75, 3.05) is 39.8 Å². The Morgan fingerprint density at radius 1 is 1.12 bits per heavy atom. The van der Waals surface area contributed by atoms with Crippen molar-refractivity contribution in [1.29, 1.82) is 0 Å². The molecule has 0 aromatic heterocycles. The lowest BCUT2D eigenvalue weighted by atomic mass is 10.0. The summed E-state index contributed by atoms with van der Waals surface area (Å²) in [6.45, 7) is 8.93. The van der Waals surface area contributed by atoms with Crippen LogP contribution in [0.4, 0.5) is 0 Å². The largest absolute Gasteiger partial charge is 0.496 e. The normalized spacial score (nSPS) is 15.6. The molecule has 1 aromatic rings. The number of hydrogen-bond acceptors (Lipinski definition) is 3. The molecule has 0 saturated carbocycles. The van der Waals surface area contributed by atoms with Crippen LogP contribution in [0.2, 0.25) is 0 Å². The predicted molar refractivity (Wildman–Crippen MR) is 116 cm³/mol. The molecular weight excluding hydrogens is 427 g/mol. The Bertz CT molecular complexity index is 510. The number of nitrogens with zero attached hydrogens (tertiary/aromatic N) is 2. The average Bonchev–Trinajstić information content (AvgIpc) is 2.63. The van der Waals surface area contributed by atoms with E-state index in [1.54, 1.807) is 7.11 Å². The van der Waals surface area contributed by atoms with Gasteiger partial charge in [0.1, 0.15) is 5.75 Å². The lowest BCUT2D eigenvalue weighted by Crippen LogP contribution is -2.39. The molecule has 0 spiro atoms. The van der Waals surface area contributed by atoms with Gasteiger partial charge in [0.15, 0.2) is 5.96 Å². The molecule has 2 rings (SSSR count). The molecule has 5 nitrogen and oxygen atoms in total. The lowest BCUT2D eigenvalue weighted by molar-refractivity contribution is 0.165. The van der Waals surface area contributed by atoms with E-state index in [0.29, 0.717) is 0 Å². The fraction of sp³-hybridized carbons (Fsp3) is 0.632. The molecule has 1 aliphatic heterocycles. The van der Waals surface area contributed by atoms with Crippen molar-refractivity contribution >= 4 is 29.9 Å². The molecule has 2 N–H and O–H groups in total. The zero-order valence-corrected chi connectivity index (χ0v) is 18.1. The van der Waals surface area contributed by atoms with Gasteiger partial charge < -0.3 is 15.4 Å².